The zero-order chi connectivity index (χ0) is 34.2. The number of furan rings is 1. The van der Waals surface area contributed by atoms with Gasteiger partial charge in [0.15, 0.2) is 5.82 Å². The van der Waals surface area contributed by atoms with Crippen molar-refractivity contribution < 1.29 is 4.42 Å². The number of hydrogen-bond acceptors (Lipinski definition) is 3. The van der Waals surface area contributed by atoms with E-state index in [1.165, 1.54) is 27.2 Å². The Hall–Kier alpha value is -7.04. The maximum Gasteiger partial charge on any atom is 0.160 e. The molecule has 0 saturated heterocycles. The third kappa shape index (κ3) is 4.34. The number of rotatable bonds is 4. The van der Waals surface area contributed by atoms with Gasteiger partial charge in [0.05, 0.1) is 27.6 Å². The third-order valence-electron chi connectivity index (χ3n) is 10.4. The summed E-state index contributed by atoms with van der Waals surface area (Å²) in [6, 6.07) is 61.9. The second kappa shape index (κ2) is 11.2. The van der Waals surface area contributed by atoms with Gasteiger partial charge in [-0.1, -0.05) is 121 Å². The maximum absolute atomic E-state index is 6.47. The van der Waals surface area contributed by atoms with Gasteiger partial charge in [-0.05, 0) is 76.5 Å². The van der Waals surface area contributed by atoms with Gasteiger partial charge in [-0.15, -0.1) is 0 Å². The Kier molecular flexibility index (Phi) is 6.22. The maximum atomic E-state index is 6.47. The van der Waals surface area contributed by atoms with Crippen molar-refractivity contribution in [3.63, 3.8) is 0 Å². The van der Waals surface area contributed by atoms with Crippen molar-refractivity contribution in [2.45, 2.75) is 0 Å². The van der Waals surface area contributed by atoms with Crippen molar-refractivity contribution in [1.82, 2.24) is 14.5 Å². The second-order valence-electron chi connectivity index (χ2n) is 13.4. The van der Waals surface area contributed by atoms with Crippen LogP contribution in [0, 0.1) is 0 Å². The van der Waals surface area contributed by atoms with Crippen LogP contribution in [0.5, 0.6) is 0 Å². The van der Waals surface area contributed by atoms with E-state index in [4.69, 9.17) is 14.4 Å². The number of benzene rings is 8. The molecular weight excluding hydrogens is 635 g/mol. The molecule has 0 aliphatic rings. The van der Waals surface area contributed by atoms with Crippen LogP contribution < -0.4 is 0 Å². The van der Waals surface area contributed by atoms with Gasteiger partial charge in [0.2, 0.25) is 0 Å². The Bertz CT molecular complexity index is 3180. The summed E-state index contributed by atoms with van der Waals surface area (Å²) in [5.74, 6) is 0.678. The Morgan fingerprint density at radius 1 is 0.404 bits per heavy atom. The van der Waals surface area contributed by atoms with E-state index in [0.717, 1.165) is 71.9 Å². The highest BCUT2D eigenvalue weighted by molar-refractivity contribution is 6.26. The molecule has 0 saturated carbocycles. The zero-order valence-corrected chi connectivity index (χ0v) is 28.0. The summed E-state index contributed by atoms with van der Waals surface area (Å²) in [6.45, 7) is 0. The number of nitrogens with zero attached hydrogens (tertiary/aromatic N) is 3. The number of fused-ring (bicyclic) bond motifs is 10. The second-order valence-corrected chi connectivity index (χ2v) is 13.4. The smallest absolute Gasteiger partial charge is 0.160 e. The molecular formula is C48H29N3O. The lowest BCUT2D eigenvalue weighted by atomic mass is 9.99. The van der Waals surface area contributed by atoms with Gasteiger partial charge in [-0.3, -0.25) is 0 Å². The average molecular weight is 664 g/mol. The van der Waals surface area contributed by atoms with Crippen LogP contribution in [0.4, 0.5) is 0 Å². The molecule has 0 atom stereocenters. The van der Waals surface area contributed by atoms with E-state index in [9.17, 15) is 0 Å². The van der Waals surface area contributed by atoms with E-state index < -0.39 is 0 Å². The van der Waals surface area contributed by atoms with Crippen molar-refractivity contribution >= 4 is 65.4 Å². The van der Waals surface area contributed by atoms with E-state index >= 15 is 0 Å². The molecule has 52 heavy (non-hydrogen) atoms. The number of aromatic nitrogens is 3. The first-order valence-electron chi connectivity index (χ1n) is 17.6. The Labute approximate surface area is 298 Å². The van der Waals surface area contributed by atoms with E-state index in [-0.39, 0.29) is 0 Å². The molecule has 3 aromatic heterocycles. The van der Waals surface area contributed by atoms with Crippen LogP contribution in [-0.4, -0.2) is 14.5 Å². The fraction of sp³-hybridized carbons (Fsp3) is 0. The molecule has 242 valence electrons. The highest BCUT2D eigenvalue weighted by Gasteiger charge is 2.20. The van der Waals surface area contributed by atoms with Crippen molar-refractivity contribution in [1.29, 1.82) is 0 Å². The Morgan fingerprint density at radius 3 is 1.96 bits per heavy atom. The highest BCUT2D eigenvalue weighted by Crippen LogP contribution is 2.41. The van der Waals surface area contributed by atoms with Crippen LogP contribution in [0.15, 0.2) is 180 Å². The normalized spacial score (nSPS) is 11.8. The minimum absolute atomic E-state index is 0.678. The van der Waals surface area contributed by atoms with Crippen molar-refractivity contribution in [2.75, 3.05) is 0 Å². The van der Waals surface area contributed by atoms with Crippen molar-refractivity contribution in [2.24, 2.45) is 0 Å². The first-order chi connectivity index (χ1) is 25.8. The van der Waals surface area contributed by atoms with E-state index in [2.05, 4.69) is 174 Å². The van der Waals surface area contributed by atoms with E-state index in [1.54, 1.807) is 0 Å². The summed E-state index contributed by atoms with van der Waals surface area (Å²) in [6.07, 6.45) is 0. The van der Waals surface area contributed by atoms with Crippen LogP contribution in [-0.2, 0) is 0 Å². The summed E-state index contributed by atoms with van der Waals surface area (Å²) in [7, 11) is 0. The third-order valence-corrected chi connectivity index (χ3v) is 10.4. The number of hydrogen-bond donors (Lipinski definition) is 0. The summed E-state index contributed by atoms with van der Waals surface area (Å²) < 4.78 is 8.82. The molecule has 0 aliphatic carbocycles. The van der Waals surface area contributed by atoms with Crippen LogP contribution >= 0.6 is 0 Å². The molecule has 0 N–H and O–H groups in total. The molecule has 0 bridgehead atoms. The van der Waals surface area contributed by atoms with E-state index in [1.807, 2.05) is 6.07 Å². The minimum Gasteiger partial charge on any atom is -0.456 e. The first-order valence-corrected chi connectivity index (χ1v) is 17.6. The van der Waals surface area contributed by atoms with E-state index in [0.29, 0.717) is 5.82 Å². The largest absolute Gasteiger partial charge is 0.456 e. The fourth-order valence-corrected chi connectivity index (χ4v) is 8.01. The zero-order valence-electron chi connectivity index (χ0n) is 28.0. The van der Waals surface area contributed by atoms with Gasteiger partial charge in [0.1, 0.15) is 11.2 Å². The van der Waals surface area contributed by atoms with Crippen LogP contribution in [0.1, 0.15) is 0 Å². The lowest BCUT2D eigenvalue weighted by molar-refractivity contribution is 0.669. The van der Waals surface area contributed by atoms with Crippen LogP contribution in [0.25, 0.3) is 105 Å². The molecule has 0 fully saturated rings. The fourth-order valence-electron chi connectivity index (χ4n) is 8.01. The molecule has 11 aromatic rings. The molecule has 8 aromatic carbocycles. The lowest BCUT2D eigenvalue weighted by Crippen LogP contribution is -1.96. The Morgan fingerprint density at radius 2 is 1.08 bits per heavy atom. The SMILES string of the molecule is c1ccc(-c2nc(-c3cccc(-c4ccc5c(c4)c4ccccc4n5-c4ccccc4)c3)nc3c2ccc2oc4ccc5ccccc5c4c23)cc1. The predicted octanol–water partition coefficient (Wildman–Crippen LogP) is 12.8. The molecule has 0 amide bonds. The summed E-state index contributed by atoms with van der Waals surface area (Å²) in [5, 5.41) is 7.86. The molecule has 3 heterocycles. The standard InChI is InChI=1S/C48H29N3O/c1-3-13-31(14-4-1)46-38-24-27-43-45(44-36-19-8-7-12-30(36)23-26-42(44)52-43)47(38)50-48(49-46)34-16-11-15-32(28-34)33-22-25-41-39(29-33)37-20-9-10-21-40(37)51(41)35-17-5-2-6-18-35/h1-29H. The Balaban J connectivity index is 1.14. The van der Waals surface area contributed by atoms with Crippen molar-refractivity contribution in [3.05, 3.63) is 176 Å². The molecule has 4 heteroatoms. The quantitative estimate of drug-likeness (QED) is 0.188. The van der Waals surface area contributed by atoms with Gasteiger partial charge in [0.25, 0.3) is 0 Å². The summed E-state index contributed by atoms with van der Waals surface area (Å²) >= 11 is 0. The summed E-state index contributed by atoms with van der Waals surface area (Å²) in [5.41, 5.74) is 11.2. The lowest BCUT2D eigenvalue weighted by Gasteiger charge is -2.12. The van der Waals surface area contributed by atoms with Crippen molar-refractivity contribution in [3.8, 4) is 39.5 Å². The van der Waals surface area contributed by atoms with Gasteiger partial charge in [0, 0.05) is 38.4 Å². The molecule has 0 unspecified atom stereocenters. The minimum atomic E-state index is 0.678. The number of para-hydroxylation sites is 2. The predicted molar refractivity (Wildman–Crippen MR) is 215 cm³/mol. The van der Waals surface area contributed by atoms with Gasteiger partial charge < -0.3 is 8.98 Å². The first kappa shape index (κ1) is 28.8. The van der Waals surface area contributed by atoms with Gasteiger partial charge in [-0.2, -0.15) is 0 Å². The molecule has 0 aliphatic heterocycles. The molecule has 11 rings (SSSR count). The molecule has 4 nitrogen and oxygen atoms in total. The monoisotopic (exact) mass is 663 g/mol. The van der Waals surface area contributed by atoms with Crippen LogP contribution in [0.3, 0.4) is 0 Å². The summed E-state index contributed by atoms with van der Waals surface area (Å²) in [4.78, 5) is 10.7. The molecule has 0 spiro atoms. The van der Waals surface area contributed by atoms with Gasteiger partial charge >= 0.3 is 0 Å². The average Bonchev–Trinajstić information content (AvgIpc) is 3.77. The van der Waals surface area contributed by atoms with Gasteiger partial charge in [-0.25, -0.2) is 9.97 Å². The molecule has 0 radical (unpaired) electrons. The highest BCUT2D eigenvalue weighted by atomic mass is 16.3. The van der Waals surface area contributed by atoms with Crippen LogP contribution in [0.2, 0.25) is 0 Å². The topological polar surface area (TPSA) is 43.9 Å².